The molecule has 1 aromatic carbocycles. The minimum Gasteiger partial charge on any atom is -0.341 e. The number of amides is 1. The molecule has 1 unspecified atom stereocenters. The van der Waals surface area contributed by atoms with Crippen LogP contribution in [-0.4, -0.2) is 33.4 Å². The van der Waals surface area contributed by atoms with E-state index in [1.165, 1.54) is 0 Å². The van der Waals surface area contributed by atoms with Crippen LogP contribution in [0.3, 0.4) is 0 Å². The van der Waals surface area contributed by atoms with Crippen LogP contribution in [0.1, 0.15) is 25.8 Å². The number of rotatable bonds is 2. The van der Waals surface area contributed by atoms with E-state index in [0.717, 1.165) is 17.4 Å². The van der Waals surface area contributed by atoms with Gasteiger partial charge in [-0.1, -0.05) is 12.1 Å². The molecular weight excluding hydrogens is 270 g/mol. The number of carbonyl (C=O) groups excluding carboxylic acids is 1. The molecule has 1 saturated heterocycles. The second-order valence-electron chi connectivity index (χ2n) is 5.36. The standard InChI is InChI=1S/C15H17N3O3/c1-10(13(19)17-8-4-5-9-17)18-14(20)11-6-2-3-7-12(11)16-15(18)21/h2-3,6-7,10H,4-5,8-9H2,1H3,(H,16,21). The molecule has 1 aliphatic rings. The van der Waals surface area contributed by atoms with Gasteiger partial charge in [-0.05, 0) is 31.9 Å². The molecule has 0 radical (unpaired) electrons. The van der Waals surface area contributed by atoms with Crippen LogP contribution in [0.15, 0.2) is 33.9 Å². The molecule has 1 aromatic heterocycles. The molecule has 0 aliphatic carbocycles. The summed E-state index contributed by atoms with van der Waals surface area (Å²) in [5.41, 5.74) is -0.474. The number of nitrogens with zero attached hydrogens (tertiary/aromatic N) is 2. The highest BCUT2D eigenvalue weighted by molar-refractivity contribution is 5.81. The monoisotopic (exact) mass is 287 g/mol. The first-order valence-corrected chi connectivity index (χ1v) is 7.12. The van der Waals surface area contributed by atoms with Crippen LogP contribution in [0.25, 0.3) is 10.9 Å². The van der Waals surface area contributed by atoms with Crippen molar-refractivity contribution in [2.45, 2.75) is 25.8 Å². The third kappa shape index (κ3) is 2.26. The summed E-state index contributed by atoms with van der Waals surface area (Å²) in [6.07, 6.45) is 1.95. The molecule has 0 saturated carbocycles. The summed E-state index contributed by atoms with van der Waals surface area (Å²) >= 11 is 0. The molecule has 1 fully saturated rings. The third-order valence-electron chi connectivity index (χ3n) is 4.00. The van der Waals surface area contributed by atoms with Gasteiger partial charge >= 0.3 is 5.69 Å². The van der Waals surface area contributed by atoms with Gasteiger partial charge in [-0.2, -0.15) is 0 Å². The van der Waals surface area contributed by atoms with Gasteiger partial charge in [0.2, 0.25) is 5.91 Å². The molecule has 1 amide bonds. The van der Waals surface area contributed by atoms with Crippen molar-refractivity contribution in [3.63, 3.8) is 0 Å². The van der Waals surface area contributed by atoms with Gasteiger partial charge in [0.05, 0.1) is 10.9 Å². The number of likely N-dealkylation sites (tertiary alicyclic amines) is 1. The van der Waals surface area contributed by atoms with Gasteiger partial charge in [0.1, 0.15) is 6.04 Å². The molecule has 0 bridgehead atoms. The second-order valence-corrected chi connectivity index (χ2v) is 5.36. The Morgan fingerprint density at radius 1 is 1.19 bits per heavy atom. The van der Waals surface area contributed by atoms with Gasteiger partial charge in [-0.15, -0.1) is 0 Å². The average molecular weight is 287 g/mol. The predicted molar refractivity (Wildman–Crippen MR) is 79.4 cm³/mol. The van der Waals surface area contributed by atoms with Crippen LogP contribution >= 0.6 is 0 Å². The number of aromatic nitrogens is 2. The Bertz CT molecular complexity index is 800. The van der Waals surface area contributed by atoms with Crippen molar-refractivity contribution in [2.75, 3.05) is 13.1 Å². The van der Waals surface area contributed by atoms with E-state index in [-0.39, 0.29) is 5.91 Å². The van der Waals surface area contributed by atoms with Crippen molar-refractivity contribution in [1.29, 1.82) is 0 Å². The number of H-pyrrole nitrogens is 1. The maximum atomic E-state index is 12.5. The van der Waals surface area contributed by atoms with E-state index in [1.54, 1.807) is 36.1 Å². The second kappa shape index (κ2) is 5.20. The van der Waals surface area contributed by atoms with Gasteiger partial charge < -0.3 is 9.88 Å². The van der Waals surface area contributed by atoms with Crippen LogP contribution in [0.2, 0.25) is 0 Å². The number of carbonyl (C=O) groups is 1. The Hall–Kier alpha value is -2.37. The largest absolute Gasteiger partial charge is 0.341 e. The van der Waals surface area contributed by atoms with Crippen molar-refractivity contribution in [3.8, 4) is 0 Å². The van der Waals surface area contributed by atoms with Gasteiger partial charge in [0.25, 0.3) is 5.56 Å². The summed E-state index contributed by atoms with van der Waals surface area (Å²) in [4.78, 5) is 41.4. The van der Waals surface area contributed by atoms with Crippen molar-refractivity contribution in [1.82, 2.24) is 14.5 Å². The highest BCUT2D eigenvalue weighted by atomic mass is 16.2. The molecule has 3 rings (SSSR count). The summed E-state index contributed by atoms with van der Waals surface area (Å²) < 4.78 is 1.02. The first kappa shape index (κ1) is 13.6. The lowest BCUT2D eigenvalue weighted by atomic mass is 10.2. The smallest absolute Gasteiger partial charge is 0.329 e. The lowest BCUT2D eigenvalue weighted by Crippen LogP contribution is -2.44. The number of aromatic amines is 1. The molecule has 2 heterocycles. The molecule has 1 aliphatic heterocycles. The fourth-order valence-corrected chi connectivity index (χ4v) is 2.84. The zero-order valence-corrected chi connectivity index (χ0v) is 11.8. The topological polar surface area (TPSA) is 75.2 Å². The Morgan fingerprint density at radius 2 is 1.86 bits per heavy atom. The predicted octanol–water partition coefficient (Wildman–Crippen LogP) is 0.873. The number of para-hydroxylation sites is 1. The van der Waals surface area contributed by atoms with Crippen molar-refractivity contribution in [3.05, 3.63) is 45.1 Å². The number of nitrogens with one attached hydrogen (secondary N) is 1. The Labute approximate surface area is 121 Å². The first-order chi connectivity index (χ1) is 10.1. The van der Waals surface area contributed by atoms with E-state index in [1.807, 2.05) is 0 Å². The molecule has 1 atom stereocenters. The van der Waals surface area contributed by atoms with Crippen molar-refractivity contribution >= 4 is 16.8 Å². The van der Waals surface area contributed by atoms with E-state index < -0.39 is 17.3 Å². The minimum absolute atomic E-state index is 0.171. The number of hydrogen-bond acceptors (Lipinski definition) is 3. The molecule has 0 spiro atoms. The van der Waals surface area contributed by atoms with Crippen LogP contribution < -0.4 is 11.2 Å². The van der Waals surface area contributed by atoms with Crippen LogP contribution in [0.4, 0.5) is 0 Å². The Kier molecular flexibility index (Phi) is 3.37. The zero-order valence-electron chi connectivity index (χ0n) is 11.8. The SMILES string of the molecule is CC(C(=O)N1CCCC1)n1c(=O)[nH]c2ccccc2c1=O. The fraction of sp³-hybridized carbons (Fsp3) is 0.400. The maximum Gasteiger partial charge on any atom is 0.329 e. The van der Waals surface area contributed by atoms with Gasteiger partial charge in [0.15, 0.2) is 0 Å². The highest BCUT2D eigenvalue weighted by Crippen LogP contribution is 2.14. The summed E-state index contributed by atoms with van der Waals surface area (Å²) in [5, 5.41) is 0.415. The number of hydrogen-bond donors (Lipinski definition) is 1. The number of fused-ring (bicyclic) bond motifs is 1. The molecule has 6 nitrogen and oxygen atoms in total. The van der Waals surface area contributed by atoms with Gasteiger partial charge in [0, 0.05) is 13.1 Å². The van der Waals surface area contributed by atoms with E-state index in [4.69, 9.17) is 0 Å². The lowest BCUT2D eigenvalue weighted by Gasteiger charge is -2.21. The van der Waals surface area contributed by atoms with Gasteiger partial charge in [-0.25, -0.2) is 9.36 Å². The van der Waals surface area contributed by atoms with Gasteiger partial charge in [-0.3, -0.25) is 9.59 Å². The van der Waals surface area contributed by atoms with E-state index in [2.05, 4.69) is 4.98 Å². The van der Waals surface area contributed by atoms with Crippen LogP contribution in [0.5, 0.6) is 0 Å². The third-order valence-corrected chi connectivity index (χ3v) is 4.00. The van der Waals surface area contributed by atoms with Crippen LogP contribution in [0, 0.1) is 0 Å². The van der Waals surface area contributed by atoms with E-state index >= 15 is 0 Å². The quantitative estimate of drug-likeness (QED) is 0.890. The first-order valence-electron chi connectivity index (χ1n) is 7.12. The Balaban J connectivity index is 2.09. The summed E-state index contributed by atoms with van der Waals surface area (Å²) in [6.45, 7) is 3.00. The maximum absolute atomic E-state index is 12.5. The number of benzene rings is 1. The lowest BCUT2D eigenvalue weighted by molar-refractivity contribution is -0.133. The average Bonchev–Trinajstić information content (AvgIpc) is 3.00. The normalized spacial score (nSPS) is 16.3. The van der Waals surface area contributed by atoms with E-state index in [0.29, 0.717) is 24.0 Å². The minimum atomic E-state index is -0.788. The molecular formula is C15H17N3O3. The highest BCUT2D eigenvalue weighted by Gasteiger charge is 2.26. The zero-order chi connectivity index (χ0) is 15.0. The molecule has 110 valence electrons. The molecule has 1 N–H and O–H groups in total. The van der Waals surface area contributed by atoms with Crippen LogP contribution in [-0.2, 0) is 4.79 Å². The fourth-order valence-electron chi connectivity index (χ4n) is 2.84. The molecule has 21 heavy (non-hydrogen) atoms. The molecule has 6 heteroatoms. The summed E-state index contributed by atoms with van der Waals surface area (Å²) in [7, 11) is 0. The molecule has 2 aromatic rings. The summed E-state index contributed by atoms with van der Waals surface area (Å²) in [5.74, 6) is -0.171. The van der Waals surface area contributed by atoms with E-state index in [9.17, 15) is 14.4 Å². The Morgan fingerprint density at radius 3 is 2.57 bits per heavy atom. The van der Waals surface area contributed by atoms with Crippen molar-refractivity contribution in [2.24, 2.45) is 0 Å². The summed E-state index contributed by atoms with van der Waals surface area (Å²) in [6, 6.07) is 6.02. The van der Waals surface area contributed by atoms with Crippen molar-refractivity contribution < 1.29 is 4.79 Å².